The van der Waals surface area contributed by atoms with Crippen molar-refractivity contribution in [3.8, 4) is 0 Å². The summed E-state index contributed by atoms with van der Waals surface area (Å²) >= 11 is 0. The van der Waals surface area contributed by atoms with Crippen LogP contribution in [-0.4, -0.2) is 22.9 Å². The third-order valence-corrected chi connectivity index (χ3v) is 1.26. The highest BCUT2D eigenvalue weighted by Crippen LogP contribution is 1.92. The Morgan fingerprint density at radius 1 is 1.55 bits per heavy atom. The summed E-state index contributed by atoms with van der Waals surface area (Å²) < 4.78 is 0. The van der Waals surface area contributed by atoms with Crippen LogP contribution in [-0.2, 0) is 11.2 Å². The predicted molar refractivity (Wildman–Crippen MR) is 39.8 cm³/mol. The lowest BCUT2D eigenvalue weighted by Crippen LogP contribution is -2.19. The molecule has 11 heavy (non-hydrogen) atoms. The molecule has 1 N–H and O–H groups in total. The molecule has 0 bridgehead atoms. The van der Waals surface area contributed by atoms with Gasteiger partial charge in [0.05, 0.1) is 6.42 Å². The molecule has 0 aliphatic rings. The molecule has 0 aliphatic heterocycles. The SMILES string of the molecule is CNC(=O)Cc1cncnc1. The van der Waals surface area contributed by atoms with Gasteiger partial charge in [-0.15, -0.1) is 0 Å². The van der Waals surface area contributed by atoms with Crippen LogP contribution in [0, 0.1) is 0 Å². The van der Waals surface area contributed by atoms with E-state index in [4.69, 9.17) is 0 Å². The molecule has 58 valence electrons. The van der Waals surface area contributed by atoms with Gasteiger partial charge >= 0.3 is 0 Å². The second-order valence-corrected chi connectivity index (χ2v) is 2.10. The standard InChI is InChI=1S/C7H9N3O/c1-8-7(11)2-6-3-9-5-10-4-6/h3-5H,2H2,1H3,(H,8,11). The first-order valence-electron chi connectivity index (χ1n) is 3.27. The second kappa shape index (κ2) is 3.65. The maximum atomic E-state index is 10.8. The molecule has 4 heteroatoms. The van der Waals surface area contributed by atoms with E-state index in [2.05, 4.69) is 15.3 Å². The molecule has 0 aliphatic carbocycles. The molecule has 0 fully saturated rings. The molecular formula is C7H9N3O. The van der Waals surface area contributed by atoms with Crippen LogP contribution >= 0.6 is 0 Å². The van der Waals surface area contributed by atoms with Crippen LogP contribution in [0.25, 0.3) is 0 Å². The predicted octanol–water partition coefficient (Wildman–Crippen LogP) is -0.235. The average Bonchev–Trinajstić information content (AvgIpc) is 2.06. The summed E-state index contributed by atoms with van der Waals surface area (Å²) in [5, 5.41) is 2.52. The molecule has 0 spiro atoms. The van der Waals surface area contributed by atoms with Crippen LogP contribution in [0.3, 0.4) is 0 Å². The number of rotatable bonds is 2. The number of amides is 1. The molecule has 1 aromatic rings. The number of likely N-dealkylation sites (N-methyl/N-ethyl adjacent to an activating group) is 1. The number of carbonyl (C=O) groups is 1. The fourth-order valence-electron chi connectivity index (χ4n) is 0.695. The highest BCUT2D eigenvalue weighted by Gasteiger charge is 1.99. The second-order valence-electron chi connectivity index (χ2n) is 2.10. The molecule has 0 saturated carbocycles. The van der Waals surface area contributed by atoms with Crippen molar-refractivity contribution in [1.82, 2.24) is 15.3 Å². The Labute approximate surface area is 64.7 Å². The van der Waals surface area contributed by atoms with E-state index in [1.807, 2.05) is 0 Å². The fourth-order valence-corrected chi connectivity index (χ4v) is 0.695. The molecular weight excluding hydrogens is 142 g/mol. The topological polar surface area (TPSA) is 54.9 Å². The summed E-state index contributed by atoms with van der Waals surface area (Å²) in [6.45, 7) is 0. The summed E-state index contributed by atoms with van der Waals surface area (Å²) in [4.78, 5) is 18.4. The van der Waals surface area contributed by atoms with E-state index in [0.717, 1.165) is 5.56 Å². The normalized spacial score (nSPS) is 9.18. The molecule has 4 nitrogen and oxygen atoms in total. The fraction of sp³-hybridized carbons (Fsp3) is 0.286. The van der Waals surface area contributed by atoms with Crippen LogP contribution in [0.1, 0.15) is 5.56 Å². The van der Waals surface area contributed by atoms with Crippen LogP contribution in [0.15, 0.2) is 18.7 Å². The van der Waals surface area contributed by atoms with Gasteiger partial charge in [0, 0.05) is 19.4 Å². The number of carbonyl (C=O) groups excluding carboxylic acids is 1. The van der Waals surface area contributed by atoms with Gasteiger partial charge in [-0.05, 0) is 5.56 Å². The van der Waals surface area contributed by atoms with Gasteiger partial charge in [-0.25, -0.2) is 9.97 Å². The first kappa shape index (κ1) is 7.65. The van der Waals surface area contributed by atoms with Gasteiger partial charge in [-0.3, -0.25) is 4.79 Å². The van der Waals surface area contributed by atoms with Crippen LogP contribution in [0.2, 0.25) is 0 Å². The maximum absolute atomic E-state index is 10.8. The largest absolute Gasteiger partial charge is 0.359 e. The molecule has 1 heterocycles. The minimum Gasteiger partial charge on any atom is -0.359 e. The van der Waals surface area contributed by atoms with E-state index in [0.29, 0.717) is 6.42 Å². The molecule has 0 unspecified atom stereocenters. The summed E-state index contributed by atoms with van der Waals surface area (Å²) in [5.74, 6) is -0.0280. The van der Waals surface area contributed by atoms with Crippen LogP contribution < -0.4 is 5.32 Å². The molecule has 0 atom stereocenters. The van der Waals surface area contributed by atoms with E-state index in [9.17, 15) is 4.79 Å². The monoisotopic (exact) mass is 151 g/mol. The number of nitrogens with one attached hydrogen (secondary N) is 1. The summed E-state index contributed by atoms with van der Waals surface area (Å²) in [7, 11) is 1.60. The Morgan fingerprint density at radius 2 is 2.18 bits per heavy atom. The van der Waals surface area contributed by atoms with Crippen LogP contribution in [0.5, 0.6) is 0 Å². The van der Waals surface area contributed by atoms with Gasteiger partial charge in [-0.1, -0.05) is 0 Å². The number of aromatic nitrogens is 2. The lowest BCUT2D eigenvalue weighted by Gasteiger charge is -1.96. The third kappa shape index (κ3) is 2.33. The summed E-state index contributed by atoms with van der Waals surface area (Å²) in [5.41, 5.74) is 0.826. The van der Waals surface area contributed by atoms with E-state index in [1.54, 1.807) is 19.4 Å². The van der Waals surface area contributed by atoms with Gasteiger partial charge in [0.25, 0.3) is 0 Å². The highest BCUT2D eigenvalue weighted by atomic mass is 16.1. The smallest absolute Gasteiger partial charge is 0.224 e. The third-order valence-electron chi connectivity index (χ3n) is 1.26. The van der Waals surface area contributed by atoms with Crippen molar-refractivity contribution in [2.24, 2.45) is 0 Å². The zero-order chi connectivity index (χ0) is 8.10. The molecule has 0 saturated heterocycles. The number of nitrogens with zero attached hydrogens (tertiary/aromatic N) is 2. The van der Waals surface area contributed by atoms with Crippen molar-refractivity contribution < 1.29 is 4.79 Å². The van der Waals surface area contributed by atoms with E-state index >= 15 is 0 Å². The zero-order valence-electron chi connectivity index (χ0n) is 6.24. The lowest BCUT2D eigenvalue weighted by atomic mass is 10.2. The van der Waals surface area contributed by atoms with Crippen molar-refractivity contribution in [3.63, 3.8) is 0 Å². The number of hydrogen-bond acceptors (Lipinski definition) is 3. The first-order chi connectivity index (χ1) is 5.33. The Balaban J connectivity index is 2.58. The van der Waals surface area contributed by atoms with E-state index in [1.165, 1.54) is 6.33 Å². The van der Waals surface area contributed by atoms with Crippen molar-refractivity contribution in [1.29, 1.82) is 0 Å². The molecule has 1 aromatic heterocycles. The average molecular weight is 151 g/mol. The maximum Gasteiger partial charge on any atom is 0.224 e. The first-order valence-corrected chi connectivity index (χ1v) is 3.27. The number of hydrogen-bond donors (Lipinski definition) is 1. The molecule has 0 aromatic carbocycles. The van der Waals surface area contributed by atoms with E-state index < -0.39 is 0 Å². The Morgan fingerprint density at radius 3 is 2.73 bits per heavy atom. The van der Waals surface area contributed by atoms with Gasteiger partial charge in [0.15, 0.2) is 0 Å². The Hall–Kier alpha value is -1.45. The van der Waals surface area contributed by atoms with Gasteiger partial charge in [-0.2, -0.15) is 0 Å². The highest BCUT2D eigenvalue weighted by molar-refractivity contribution is 5.77. The minimum atomic E-state index is -0.0280. The quantitative estimate of drug-likeness (QED) is 0.635. The van der Waals surface area contributed by atoms with Gasteiger partial charge < -0.3 is 5.32 Å². The van der Waals surface area contributed by atoms with Crippen molar-refractivity contribution >= 4 is 5.91 Å². The van der Waals surface area contributed by atoms with Crippen molar-refractivity contribution in [2.75, 3.05) is 7.05 Å². The molecule has 1 amide bonds. The van der Waals surface area contributed by atoms with Crippen molar-refractivity contribution in [2.45, 2.75) is 6.42 Å². The summed E-state index contributed by atoms with van der Waals surface area (Å²) in [6, 6.07) is 0. The zero-order valence-corrected chi connectivity index (χ0v) is 6.24. The summed E-state index contributed by atoms with van der Waals surface area (Å²) in [6.07, 6.45) is 5.04. The Kier molecular flexibility index (Phi) is 2.54. The Bertz CT molecular complexity index is 235. The van der Waals surface area contributed by atoms with Crippen molar-refractivity contribution in [3.05, 3.63) is 24.3 Å². The minimum absolute atomic E-state index is 0.0280. The van der Waals surface area contributed by atoms with Gasteiger partial charge in [0.1, 0.15) is 6.33 Å². The lowest BCUT2D eigenvalue weighted by molar-refractivity contribution is -0.119. The van der Waals surface area contributed by atoms with Gasteiger partial charge in [0.2, 0.25) is 5.91 Å². The van der Waals surface area contributed by atoms with Crippen LogP contribution in [0.4, 0.5) is 0 Å². The molecule has 1 rings (SSSR count). The molecule has 0 radical (unpaired) electrons. The van der Waals surface area contributed by atoms with E-state index in [-0.39, 0.29) is 5.91 Å².